The molecule has 1 aromatic rings. The number of allylic oxidation sites excluding steroid dienone is 2. The Balaban J connectivity index is 3.27. The lowest BCUT2D eigenvalue weighted by molar-refractivity contribution is -0.138. The Morgan fingerprint density at radius 1 is 1.61 bits per heavy atom. The van der Waals surface area contributed by atoms with Gasteiger partial charge in [0.05, 0.1) is 17.9 Å². The number of rotatable bonds is 4. The van der Waals surface area contributed by atoms with Crippen molar-refractivity contribution in [2.45, 2.75) is 27.7 Å². The van der Waals surface area contributed by atoms with Gasteiger partial charge in [0.15, 0.2) is 0 Å². The molecular weight excluding hydrogens is 296 g/mol. The van der Waals surface area contributed by atoms with Crippen LogP contribution in [0.4, 0.5) is 0 Å². The summed E-state index contributed by atoms with van der Waals surface area (Å²) in [6.45, 7) is 7.78. The average molecular weight is 313 g/mol. The van der Waals surface area contributed by atoms with Crippen LogP contribution < -0.4 is 0 Å². The third-order valence-electron chi connectivity index (χ3n) is 2.39. The van der Waals surface area contributed by atoms with Crippen LogP contribution in [0.1, 0.15) is 26.5 Å². The molecule has 1 aromatic heterocycles. The number of nitrogens with zero attached hydrogens (tertiary/aromatic N) is 2. The molecule has 0 atom stereocenters. The molecule has 98 valence electrons. The van der Waals surface area contributed by atoms with Gasteiger partial charge in [-0.15, -0.1) is 0 Å². The molecule has 1 rings (SSSR count). The number of aryl methyl sites for hydroxylation is 1. The Labute approximate surface area is 115 Å². The summed E-state index contributed by atoms with van der Waals surface area (Å²) in [5.74, 6) is -0.334. The summed E-state index contributed by atoms with van der Waals surface area (Å²) in [6, 6.07) is 1.89. The van der Waals surface area contributed by atoms with E-state index in [1.807, 2.05) is 32.9 Å². The molecule has 18 heavy (non-hydrogen) atoms. The summed E-state index contributed by atoms with van der Waals surface area (Å²) in [5.41, 5.74) is 2.21. The first kappa shape index (κ1) is 14.7. The molecule has 0 unspecified atom stereocenters. The van der Waals surface area contributed by atoms with Gasteiger partial charge in [0, 0.05) is 5.69 Å². The topological polar surface area (TPSA) is 44.1 Å². The van der Waals surface area contributed by atoms with Crippen LogP contribution in [-0.4, -0.2) is 22.4 Å². The quantitative estimate of drug-likeness (QED) is 0.486. The minimum atomic E-state index is -0.334. The Kier molecular flexibility index (Phi) is 5.34. The molecule has 0 N–H and O–H groups in total. The van der Waals surface area contributed by atoms with Gasteiger partial charge < -0.3 is 4.74 Å². The monoisotopic (exact) mass is 312 g/mol. The highest BCUT2D eigenvalue weighted by Crippen LogP contribution is 2.18. The number of hydrogen-bond donors (Lipinski definition) is 0. The predicted octanol–water partition coefficient (Wildman–Crippen LogP) is 3.32. The number of carbonyl (C=O) groups excluding carboxylic acids is 1. The summed E-state index contributed by atoms with van der Waals surface area (Å²) in [6.07, 6.45) is 3.55. The van der Waals surface area contributed by atoms with Gasteiger partial charge in [-0.3, -0.25) is 0 Å². The van der Waals surface area contributed by atoms with Crippen LogP contribution in [0.3, 0.4) is 0 Å². The Morgan fingerprint density at radius 2 is 2.28 bits per heavy atom. The van der Waals surface area contributed by atoms with Gasteiger partial charge in [-0.2, -0.15) is 5.10 Å². The summed E-state index contributed by atoms with van der Waals surface area (Å²) >= 11 is 3.32. The van der Waals surface area contributed by atoms with E-state index < -0.39 is 0 Å². The van der Waals surface area contributed by atoms with Crippen molar-refractivity contribution in [2.75, 3.05) is 6.61 Å². The molecule has 0 spiro atoms. The Hall–Kier alpha value is -1.36. The fraction of sp³-hybridized carbons (Fsp3) is 0.385. The molecule has 5 heteroatoms. The van der Waals surface area contributed by atoms with Gasteiger partial charge in [-0.25, -0.2) is 9.48 Å². The van der Waals surface area contributed by atoms with Gasteiger partial charge in [-0.05, 0) is 49.7 Å². The van der Waals surface area contributed by atoms with Crippen LogP contribution in [-0.2, 0) is 9.53 Å². The molecule has 4 nitrogen and oxygen atoms in total. The maximum atomic E-state index is 11.9. The molecule has 0 saturated carbocycles. The maximum Gasteiger partial charge on any atom is 0.339 e. The highest BCUT2D eigenvalue weighted by molar-refractivity contribution is 9.10. The van der Waals surface area contributed by atoms with Crippen molar-refractivity contribution in [1.82, 2.24) is 9.78 Å². The van der Waals surface area contributed by atoms with E-state index >= 15 is 0 Å². The first-order valence-electron chi connectivity index (χ1n) is 5.74. The second-order valence-electron chi connectivity index (χ2n) is 3.74. The summed E-state index contributed by atoms with van der Waals surface area (Å²) in [7, 11) is 0. The molecule has 0 saturated heterocycles. The third-order valence-corrected chi connectivity index (χ3v) is 2.78. The molecule has 0 bridgehead atoms. The summed E-state index contributed by atoms with van der Waals surface area (Å²) < 4.78 is 7.50. The highest BCUT2D eigenvalue weighted by atomic mass is 79.9. The molecular formula is C13H17BrN2O2. The second kappa shape index (κ2) is 6.54. The van der Waals surface area contributed by atoms with Crippen molar-refractivity contribution in [1.29, 1.82) is 0 Å². The smallest absolute Gasteiger partial charge is 0.339 e. The molecule has 0 fully saturated rings. The van der Waals surface area contributed by atoms with E-state index in [1.54, 1.807) is 17.7 Å². The first-order valence-corrected chi connectivity index (χ1v) is 6.53. The summed E-state index contributed by atoms with van der Waals surface area (Å²) in [4.78, 5) is 11.9. The van der Waals surface area contributed by atoms with Crippen molar-refractivity contribution >= 4 is 27.6 Å². The van der Waals surface area contributed by atoms with Crippen LogP contribution >= 0.6 is 15.9 Å². The van der Waals surface area contributed by atoms with E-state index in [0.29, 0.717) is 12.2 Å². The first-order chi connectivity index (χ1) is 8.51. The number of ether oxygens (including phenoxy) is 1. The molecule has 1 heterocycles. The van der Waals surface area contributed by atoms with E-state index in [4.69, 9.17) is 4.74 Å². The zero-order valence-corrected chi connectivity index (χ0v) is 12.6. The van der Waals surface area contributed by atoms with Crippen molar-refractivity contribution in [3.05, 3.63) is 34.1 Å². The molecule has 0 radical (unpaired) electrons. The van der Waals surface area contributed by atoms with E-state index in [-0.39, 0.29) is 5.97 Å². The van der Waals surface area contributed by atoms with Crippen LogP contribution in [0.5, 0.6) is 0 Å². The van der Waals surface area contributed by atoms with E-state index in [2.05, 4.69) is 21.0 Å². The highest BCUT2D eigenvalue weighted by Gasteiger charge is 2.14. The van der Waals surface area contributed by atoms with Gasteiger partial charge in [0.2, 0.25) is 0 Å². The van der Waals surface area contributed by atoms with Crippen LogP contribution in [0.15, 0.2) is 28.4 Å². The van der Waals surface area contributed by atoms with Crippen molar-refractivity contribution in [2.24, 2.45) is 0 Å². The molecule has 0 aliphatic heterocycles. The molecule has 0 amide bonds. The number of esters is 1. The fourth-order valence-corrected chi connectivity index (χ4v) is 2.09. The lowest BCUT2D eigenvalue weighted by atomic mass is 10.2. The van der Waals surface area contributed by atoms with Crippen LogP contribution in [0.25, 0.3) is 5.70 Å². The van der Waals surface area contributed by atoms with Gasteiger partial charge in [0.1, 0.15) is 4.60 Å². The average Bonchev–Trinajstić information content (AvgIpc) is 2.65. The minimum absolute atomic E-state index is 0.334. The van der Waals surface area contributed by atoms with Crippen molar-refractivity contribution in [3.8, 4) is 0 Å². The SMILES string of the molecule is C/C=C/C(C(=O)OCC)=C(/C)n1nc(Br)cc1C. The predicted molar refractivity (Wildman–Crippen MR) is 75.0 cm³/mol. The lowest BCUT2D eigenvalue weighted by Gasteiger charge is -2.09. The second-order valence-corrected chi connectivity index (χ2v) is 4.55. The van der Waals surface area contributed by atoms with Gasteiger partial charge >= 0.3 is 5.97 Å². The van der Waals surface area contributed by atoms with Crippen molar-refractivity contribution < 1.29 is 9.53 Å². The molecule has 0 aliphatic carbocycles. The van der Waals surface area contributed by atoms with Crippen molar-refractivity contribution in [3.63, 3.8) is 0 Å². The largest absolute Gasteiger partial charge is 0.462 e. The zero-order chi connectivity index (χ0) is 13.7. The number of aromatic nitrogens is 2. The van der Waals surface area contributed by atoms with Gasteiger partial charge in [0.25, 0.3) is 0 Å². The lowest BCUT2D eigenvalue weighted by Crippen LogP contribution is -2.11. The van der Waals surface area contributed by atoms with E-state index in [1.165, 1.54) is 0 Å². The fourth-order valence-electron chi connectivity index (χ4n) is 1.60. The van der Waals surface area contributed by atoms with E-state index in [0.717, 1.165) is 16.0 Å². The zero-order valence-electron chi connectivity index (χ0n) is 11.0. The standard InChI is InChI=1S/C13H17BrN2O2/c1-5-7-11(13(17)18-6-2)10(4)16-9(3)8-12(14)15-16/h5,7-8H,6H2,1-4H3/b7-5+,11-10+. The molecule has 0 aromatic carbocycles. The van der Waals surface area contributed by atoms with Crippen LogP contribution in [0, 0.1) is 6.92 Å². The minimum Gasteiger partial charge on any atom is -0.462 e. The summed E-state index contributed by atoms with van der Waals surface area (Å²) in [5, 5.41) is 4.29. The normalized spacial score (nSPS) is 12.7. The number of hydrogen-bond acceptors (Lipinski definition) is 3. The number of halogens is 1. The number of carbonyl (C=O) groups is 1. The maximum absolute atomic E-state index is 11.9. The Bertz CT molecular complexity index is 501. The van der Waals surface area contributed by atoms with Gasteiger partial charge in [-0.1, -0.05) is 12.2 Å². The molecule has 0 aliphatic rings. The van der Waals surface area contributed by atoms with E-state index in [9.17, 15) is 4.79 Å². The third kappa shape index (κ3) is 3.32. The Morgan fingerprint density at radius 3 is 2.72 bits per heavy atom. The van der Waals surface area contributed by atoms with Crippen LogP contribution in [0.2, 0.25) is 0 Å².